The number of aryl methyl sites for hydroxylation is 1. The number of anilines is 2. The second-order valence-electron chi connectivity index (χ2n) is 5.85. The Morgan fingerprint density at radius 1 is 1.15 bits per heavy atom. The van der Waals surface area contributed by atoms with Gasteiger partial charge in [-0.05, 0) is 43.3 Å². The average Bonchev–Trinajstić information content (AvgIpc) is 2.91. The highest BCUT2D eigenvalue weighted by Crippen LogP contribution is 2.34. The predicted octanol–water partition coefficient (Wildman–Crippen LogP) is 3.66. The summed E-state index contributed by atoms with van der Waals surface area (Å²) in [4.78, 5) is 26.5. The van der Waals surface area contributed by atoms with Gasteiger partial charge in [0.25, 0.3) is 5.91 Å². The van der Waals surface area contributed by atoms with E-state index in [-0.39, 0.29) is 5.91 Å². The molecule has 0 aliphatic heterocycles. The minimum Gasteiger partial charge on any atom is -0.465 e. The molecule has 2 rings (SSSR count). The summed E-state index contributed by atoms with van der Waals surface area (Å²) in [5.74, 6) is -0.693. The number of nitrogens with zero attached hydrogens (tertiary/aromatic N) is 1. The van der Waals surface area contributed by atoms with E-state index >= 15 is 0 Å². The van der Waals surface area contributed by atoms with Gasteiger partial charge in [-0.2, -0.15) is 0 Å². The lowest BCUT2D eigenvalue weighted by molar-refractivity contribution is 0.0601. The molecule has 0 saturated carbocycles. The molecule has 1 aromatic heterocycles. The minimum atomic E-state index is -0.516. The second-order valence-corrected chi connectivity index (χ2v) is 7.27. The molecule has 1 heterocycles. The van der Waals surface area contributed by atoms with Gasteiger partial charge < -0.3 is 20.3 Å². The van der Waals surface area contributed by atoms with E-state index < -0.39 is 5.97 Å². The lowest BCUT2D eigenvalue weighted by Crippen LogP contribution is -2.21. The van der Waals surface area contributed by atoms with Crippen LogP contribution in [0.5, 0.6) is 0 Å². The largest absolute Gasteiger partial charge is 0.465 e. The van der Waals surface area contributed by atoms with Crippen molar-refractivity contribution in [3.8, 4) is 0 Å². The van der Waals surface area contributed by atoms with Crippen molar-refractivity contribution < 1.29 is 14.3 Å². The number of thiophene rings is 1. The van der Waals surface area contributed by atoms with Crippen molar-refractivity contribution in [1.29, 1.82) is 0 Å². The number of esters is 1. The maximum atomic E-state index is 12.4. The van der Waals surface area contributed by atoms with Crippen molar-refractivity contribution in [2.75, 3.05) is 31.8 Å². The summed E-state index contributed by atoms with van der Waals surface area (Å²) in [5.41, 5.74) is 2.79. The lowest BCUT2D eigenvalue weighted by atomic mass is 10.1. The molecule has 6 nitrogen and oxygen atoms in total. The first-order valence-corrected chi connectivity index (χ1v) is 9.05. The van der Waals surface area contributed by atoms with Gasteiger partial charge in [0.2, 0.25) is 0 Å². The first-order chi connectivity index (χ1) is 12.3. The number of methoxy groups -OCH3 is 1. The number of amides is 1. The molecule has 0 unspecified atom stereocenters. The number of carbonyl (C=O) groups excluding carboxylic acids is 2. The molecule has 0 aliphatic rings. The third-order valence-corrected chi connectivity index (χ3v) is 5.16. The van der Waals surface area contributed by atoms with Crippen LogP contribution in [-0.2, 0) is 4.74 Å². The lowest BCUT2D eigenvalue weighted by Gasteiger charge is -2.12. The molecule has 0 atom stereocenters. The molecule has 1 aromatic carbocycles. The summed E-state index contributed by atoms with van der Waals surface area (Å²) in [6.07, 6.45) is 0. The van der Waals surface area contributed by atoms with Gasteiger partial charge in [-0.1, -0.05) is 18.2 Å². The Morgan fingerprint density at radius 3 is 2.38 bits per heavy atom. The van der Waals surface area contributed by atoms with Crippen LogP contribution < -0.4 is 10.6 Å². The van der Waals surface area contributed by atoms with E-state index in [1.165, 1.54) is 23.3 Å². The van der Waals surface area contributed by atoms with Crippen LogP contribution in [0.2, 0.25) is 0 Å². The number of nitrogens with one attached hydrogen (secondary N) is 2. The van der Waals surface area contributed by atoms with Crippen LogP contribution in [0, 0.1) is 13.8 Å². The molecule has 0 spiro atoms. The van der Waals surface area contributed by atoms with Crippen molar-refractivity contribution >= 4 is 51.2 Å². The SMILES string of the molecule is COC(=O)c1c(NC(=S)Nc2ccccc2C)sc(C(=O)N(C)C)c1C. The smallest absolute Gasteiger partial charge is 0.341 e. The Hall–Kier alpha value is -2.45. The van der Waals surface area contributed by atoms with Crippen molar-refractivity contribution in [2.45, 2.75) is 13.8 Å². The molecule has 0 aliphatic carbocycles. The summed E-state index contributed by atoms with van der Waals surface area (Å²) in [5, 5.41) is 6.93. The Kier molecular flexibility index (Phi) is 6.33. The quantitative estimate of drug-likeness (QED) is 0.612. The van der Waals surface area contributed by atoms with Crippen LogP contribution in [-0.4, -0.2) is 43.1 Å². The van der Waals surface area contributed by atoms with Gasteiger partial charge in [0.05, 0.1) is 17.6 Å². The molecule has 138 valence electrons. The summed E-state index contributed by atoms with van der Waals surface area (Å²) < 4.78 is 4.87. The van der Waals surface area contributed by atoms with Gasteiger partial charge in [-0.25, -0.2) is 4.79 Å². The van der Waals surface area contributed by atoms with Crippen molar-refractivity contribution in [3.63, 3.8) is 0 Å². The van der Waals surface area contributed by atoms with Crippen LogP contribution >= 0.6 is 23.6 Å². The van der Waals surface area contributed by atoms with E-state index in [4.69, 9.17) is 17.0 Å². The van der Waals surface area contributed by atoms with Crippen molar-refractivity contribution in [3.05, 3.63) is 45.8 Å². The number of para-hydroxylation sites is 1. The fourth-order valence-corrected chi connectivity index (χ4v) is 3.82. The standard InChI is InChI=1S/C18H21N3O3S2/c1-10-8-6-7-9-12(10)19-18(25)20-15-13(17(23)24-5)11(2)14(26-15)16(22)21(3)4/h6-9H,1-5H3,(H2,19,20,25). The summed E-state index contributed by atoms with van der Waals surface area (Å²) in [6.45, 7) is 3.69. The van der Waals surface area contributed by atoms with Crippen LogP contribution in [0.25, 0.3) is 0 Å². The van der Waals surface area contributed by atoms with Gasteiger partial charge >= 0.3 is 5.97 Å². The fraction of sp³-hybridized carbons (Fsp3) is 0.278. The molecule has 8 heteroatoms. The summed E-state index contributed by atoms with van der Waals surface area (Å²) in [6, 6.07) is 7.72. The molecule has 1 amide bonds. The summed E-state index contributed by atoms with van der Waals surface area (Å²) >= 11 is 6.55. The zero-order valence-electron chi connectivity index (χ0n) is 15.3. The highest BCUT2D eigenvalue weighted by atomic mass is 32.1. The summed E-state index contributed by atoms with van der Waals surface area (Å²) in [7, 11) is 4.63. The average molecular weight is 392 g/mol. The Labute approximate surface area is 162 Å². The number of carbonyl (C=O) groups is 2. The fourth-order valence-electron chi connectivity index (χ4n) is 2.33. The third kappa shape index (κ3) is 4.20. The highest BCUT2D eigenvalue weighted by Gasteiger charge is 2.26. The molecule has 0 saturated heterocycles. The number of hydrogen-bond donors (Lipinski definition) is 2. The second kappa shape index (κ2) is 8.29. The maximum absolute atomic E-state index is 12.4. The minimum absolute atomic E-state index is 0.177. The zero-order valence-corrected chi connectivity index (χ0v) is 16.9. The number of ether oxygens (including phenoxy) is 1. The van der Waals surface area contributed by atoms with Gasteiger partial charge in [-0.3, -0.25) is 4.79 Å². The number of thiocarbonyl (C=S) groups is 1. The molecule has 26 heavy (non-hydrogen) atoms. The monoisotopic (exact) mass is 391 g/mol. The number of rotatable bonds is 4. The highest BCUT2D eigenvalue weighted by molar-refractivity contribution is 7.80. The van der Waals surface area contributed by atoms with E-state index in [9.17, 15) is 9.59 Å². The van der Waals surface area contributed by atoms with E-state index in [1.54, 1.807) is 21.0 Å². The first kappa shape index (κ1) is 19.9. The molecular weight excluding hydrogens is 370 g/mol. The molecule has 2 aromatic rings. The van der Waals surface area contributed by atoms with Crippen LogP contribution in [0.3, 0.4) is 0 Å². The first-order valence-electron chi connectivity index (χ1n) is 7.83. The Bertz CT molecular complexity index is 859. The molecule has 2 N–H and O–H groups in total. The topological polar surface area (TPSA) is 70.7 Å². The van der Waals surface area contributed by atoms with Crippen molar-refractivity contribution in [1.82, 2.24) is 4.90 Å². The number of benzene rings is 1. The van der Waals surface area contributed by atoms with Crippen LogP contribution in [0.4, 0.5) is 10.7 Å². The maximum Gasteiger partial charge on any atom is 0.341 e. The van der Waals surface area contributed by atoms with Crippen LogP contribution in [0.1, 0.15) is 31.2 Å². The molecule has 0 bridgehead atoms. The zero-order chi connectivity index (χ0) is 19.4. The van der Waals surface area contributed by atoms with Gasteiger partial charge in [0.1, 0.15) is 5.00 Å². The predicted molar refractivity (Wildman–Crippen MR) is 109 cm³/mol. The molecule has 0 fully saturated rings. The van der Waals surface area contributed by atoms with E-state index in [2.05, 4.69) is 10.6 Å². The Morgan fingerprint density at radius 2 is 1.81 bits per heavy atom. The van der Waals surface area contributed by atoms with Crippen molar-refractivity contribution in [2.24, 2.45) is 0 Å². The van der Waals surface area contributed by atoms with Gasteiger partial charge in [0.15, 0.2) is 5.11 Å². The van der Waals surface area contributed by atoms with E-state index in [1.807, 2.05) is 31.2 Å². The van der Waals surface area contributed by atoms with E-state index in [0.717, 1.165) is 11.3 Å². The van der Waals surface area contributed by atoms with Crippen LogP contribution in [0.15, 0.2) is 24.3 Å². The number of hydrogen-bond acceptors (Lipinski definition) is 5. The molecule has 0 radical (unpaired) electrons. The third-order valence-electron chi connectivity index (χ3n) is 3.76. The normalized spacial score (nSPS) is 10.2. The van der Waals surface area contributed by atoms with Gasteiger partial charge in [-0.15, -0.1) is 11.3 Å². The Balaban J connectivity index is 2.34. The molecular formula is C18H21N3O3S2. The van der Waals surface area contributed by atoms with Gasteiger partial charge in [0, 0.05) is 19.8 Å². The van der Waals surface area contributed by atoms with E-state index in [0.29, 0.717) is 26.1 Å².